The molecule has 7 nitrogen and oxygen atoms in total. The van der Waals surface area contributed by atoms with Gasteiger partial charge < -0.3 is 20.4 Å². The normalized spacial score (nSPS) is 18.8. The van der Waals surface area contributed by atoms with Crippen LogP contribution in [0.25, 0.3) is 0 Å². The lowest BCUT2D eigenvalue weighted by Gasteiger charge is -2.34. The average Bonchev–Trinajstić information content (AvgIpc) is 2.30. The third kappa shape index (κ3) is 4.20. The van der Waals surface area contributed by atoms with Gasteiger partial charge in [0.2, 0.25) is 0 Å². The first-order valence-corrected chi connectivity index (χ1v) is 5.66. The zero-order valence-electron chi connectivity index (χ0n) is 9.93. The summed E-state index contributed by atoms with van der Waals surface area (Å²) < 4.78 is 0. The summed E-state index contributed by atoms with van der Waals surface area (Å²) in [7, 11) is 0. The van der Waals surface area contributed by atoms with Crippen molar-refractivity contribution in [3.63, 3.8) is 0 Å². The van der Waals surface area contributed by atoms with E-state index in [1.54, 1.807) is 4.90 Å². The van der Waals surface area contributed by atoms with E-state index in [2.05, 4.69) is 10.2 Å². The molecule has 0 unspecified atom stereocenters. The highest BCUT2D eigenvalue weighted by atomic mass is 16.4. The summed E-state index contributed by atoms with van der Waals surface area (Å²) in [5.74, 6) is -1.04. The second kappa shape index (κ2) is 6.41. The number of nitrogens with one attached hydrogen (secondary N) is 1. The van der Waals surface area contributed by atoms with E-state index in [-0.39, 0.29) is 12.6 Å². The van der Waals surface area contributed by atoms with E-state index in [1.165, 1.54) is 6.92 Å². The van der Waals surface area contributed by atoms with E-state index in [1.807, 2.05) is 0 Å². The number of urea groups is 1. The molecule has 1 fully saturated rings. The van der Waals surface area contributed by atoms with Crippen LogP contribution in [0, 0.1) is 0 Å². The van der Waals surface area contributed by atoms with Crippen LogP contribution in [0.5, 0.6) is 0 Å². The molecule has 7 heteroatoms. The van der Waals surface area contributed by atoms with Gasteiger partial charge in [-0.25, -0.2) is 4.79 Å². The number of aliphatic carboxylic acids is 1. The van der Waals surface area contributed by atoms with Gasteiger partial charge in [-0.05, 0) is 6.92 Å². The molecule has 0 aliphatic carbocycles. The van der Waals surface area contributed by atoms with Gasteiger partial charge in [0, 0.05) is 32.7 Å². The predicted molar refractivity (Wildman–Crippen MR) is 60.7 cm³/mol. The Bertz CT molecular complexity index is 277. The summed E-state index contributed by atoms with van der Waals surface area (Å²) in [6.45, 7) is 4.67. The molecule has 1 heterocycles. The number of β-amino-alcohol motifs (C(OH)–C–C–N with tert-alkyl or cyclic N) is 1. The van der Waals surface area contributed by atoms with E-state index < -0.39 is 12.0 Å². The van der Waals surface area contributed by atoms with Gasteiger partial charge in [0.05, 0.1) is 6.61 Å². The topological polar surface area (TPSA) is 93.1 Å². The third-order valence-corrected chi connectivity index (χ3v) is 2.79. The maximum atomic E-state index is 11.7. The number of aliphatic hydroxyl groups is 1. The van der Waals surface area contributed by atoms with Crippen LogP contribution in [0.1, 0.15) is 6.92 Å². The summed E-state index contributed by atoms with van der Waals surface area (Å²) in [6, 6.07) is -1.22. The summed E-state index contributed by atoms with van der Waals surface area (Å²) in [6.07, 6.45) is 0. The van der Waals surface area contributed by atoms with Crippen molar-refractivity contribution in [1.82, 2.24) is 15.1 Å². The lowest BCUT2D eigenvalue weighted by molar-refractivity contribution is -0.138. The molecule has 0 aromatic rings. The first-order chi connectivity index (χ1) is 8.04. The maximum Gasteiger partial charge on any atom is 0.325 e. The first kappa shape index (κ1) is 13.7. The quantitative estimate of drug-likeness (QED) is 0.577. The highest BCUT2D eigenvalue weighted by Crippen LogP contribution is 2.01. The number of hydrogen-bond acceptors (Lipinski definition) is 4. The Hall–Kier alpha value is -1.34. The lowest BCUT2D eigenvalue weighted by atomic mass is 10.3. The molecule has 98 valence electrons. The minimum Gasteiger partial charge on any atom is -0.480 e. The van der Waals surface area contributed by atoms with Crippen molar-refractivity contribution in [2.24, 2.45) is 0 Å². The summed E-state index contributed by atoms with van der Waals surface area (Å²) in [5.41, 5.74) is 0. The first-order valence-electron chi connectivity index (χ1n) is 5.66. The van der Waals surface area contributed by atoms with Gasteiger partial charge in [0.1, 0.15) is 6.04 Å². The highest BCUT2D eigenvalue weighted by molar-refractivity contribution is 5.82. The van der Waals surface area contributed by atoms with Crippen LogP contribution in [0.4, 0.5) is 4.79 Å². The molecule has 0 radical (unpaired) electrons. The van der Waals surface area contributed by atoms with Gasteiger partial charge >= 0.3 is 12.0 Å². The minimum atomic E-state index is -1.04. The minimum absolute atomic E-state index is 0.113. The fraction of sp³-hybridized carbons (Fsp3) is 0.800. The van der Waals surface area contributed by atoms with Crippen LogP contribution in [0.2, 0.25) is 0 Å². The number of hydrogen-bond donors (Lipinski definition) is 3. The van der Waals surface area contributed by atoms with Crippen molar-refractivity contribution in [2.45, 2.75) is 13.0 Å². The molecule has 0 bridgehead atoms. The zero-order valence-corrected chi connectivity index (χ0v) is 9.93. The zero-order chi connectivity index (χ0) is 12.8. The van der Waals surface area contributed by atoms with Crippen molar-refractivity contribution in [1.29, 1.82) is 0 Å². The molecule has 3 N–H and O–H groups in total. The standard InChI is InChI=1S/C10H19N3O4/c1-8(9(15)16)11-10(17)13-4-2-12(3-5-13)6-7-14/h8,14H,2-7H2,1H3,(H,11,17)(H,15,16)/t8-/m0/s1. The molecule has 0 aromatic carbocycles. The van der Waals surface area contributed by atoms with Crippen LogP contribution in [-0.2, 0) is 4.79 Å². The van der Waals surface area contributed by atoms with E-state index in [0.29, 0.717) is 32.7 Å². The molecular weight excluding hydrogens is 226 g/mol. The second-order valence-corrected chi connectivity index (χ2v) is 4.06. The largest absolute Gasteiger partial charge is 0.480 e. The molecule has 0 spiro atoms. The Balaban J connectivity index is 2.33. The number of carboxylic acid groups (broad SMARTS) is 1. The number of carbonyl (C=O) groups excluding carboxylic acids is 1. The van der Waals surface area contributed by atoms with Crippen LogP contribution in [-0.4, -0.2) is 77.4 Å². The van der Waals surface area contributed by atoms with Crippen LogP contribution < -0.4 is 5.32 Å². The fourth-order valence-electron chi connectivity index (χ4n) is 1.65. The van der Waals surface area contributed by atoms with E-state index >= 15 is 0 Å². The molecule has 1 aliphatic rings. The fourth-order valence-corrected chi connectivity index (χ4v) is 1.65. The Morgan fingerprint density at radius 1 is 1.29 bits per heavy atom. The molecule has 17 heavy (non-hydrogen) atoms. The number of rotatable bonds is 4. The second-order valence-electron chi connectivity index (χ2n) is 4.06. The summed E-state index contributed by atoms with van der Waals surface area (Å²) in [4.78, 5) is 25.9. The van der Waals surface area contributed by atoms with Gasteiger partial charge in [0.15, 0.2) is 0 Å². The van der Waals surface area contributed by atoms with Crippen molar-refractivity contribution in [3.8, 4) is 0 Å². The van der Waals surface area contributed by atoms with Crippen molar-refractivity contribution in [2.75, 3.05) is 39.3 Å². The smallest absolute Gasteiger partial charge is 0.325 e. The van der Waals surface area contributed by atoms with Gasteiger partial charge in [-0.15, -0.1) is 0 Å². The molecule has 1 atom stereocenters. The van der Waals surface area contributed by atoms with Gasteiger partial charge in [-0.2, -0.15) is 0 Å². The Kier molecular flexibility index (Phi) is 5.17. The van der Waals surface area contributed by atoms with Gasteiger partial charge in [0.25, 0.3) is 0 Å². The number of aliphatic hydroxyl groups excluding tert-OH is 1. The SMILES string of the molecule is C[C@H](NC(=O)N1CCN(CCO)CC1)C(=O)O. The number of carbonyl (C=O) groups is 2. The molecular formula is C10H19N3O4. The van der Waals surface area contributed by atoms with Gasteiger partial charge in [-0.1, -0.05) is 0 Å². The van der Waals surface area contributed by atoms with Gasteiger partial charge in [-0.3, -0.25) is 9.69 Å². The number of piperazine rings is 1. The van der Waals surface area contributed by atoms with Crippen molar-refractivity contribution in [3.05, 3.63) is 0 Å². The third-order valence-electron chi connectivity index (χ3n) is 2.79. The Labute approximate surface area is 100.0 Å². The van der Waals surface area contributed by atoms with E-state index in [0.717, 1.165) is 0 Å². The van der Waals surface area contributed by atoms with Crippen LogP contribution in [0.3, 0.4) is 0 Å². The van der Waals surface area contributed by atoms with Crippen molar-refractivity contribution >= 4 is 12.0 Å². The van der Waals surface area contributed by atoms with E-state index in [9.17, 15) is 9.59 Å². The summed E-state index contributed by atoms with van der Waals surface area (Å²) in [5, 5.41) is 19.9. The Morgan fingerprint density at radius 2 is 1.88 bits per heavy atom. The van der Waals surface area contributed by atoms with Crippen LogP contribution in [0.15, 0.2) is 0 Å². The number of carboxylic acids is 1. The number of amides is 2. The average molecular weight is 245 g/mol. The summed E-state index contributed by atoms with van der Waals surface area (Å²) >= 11 is 0. The molecule has 0 saturated carbocycles. The lowest BCUT2D eigenvalue weighted by Crippen LogP contribution is -2.54. The number of nitrogens with zero attached hydrogens (tertiary/aromatic N) is 2. The molecule has 1 saturated heterocycles. The molecule has 2 amide bonds. The highest BCUT2D eigenvalue weighted by Gasteiger charge is 2.23. The molecule has 1 rings (SSSR count). The monoisotopic (exact) mass is 245 g/mol. The maximum absolute atomic E-state index is 11.7. The van der Waals surface area contributed by atoms with Crippen molar-refractivity contribution < 1.29 is 19.8 Å². The molecule has 1 aliphatic heterocycles. The van der Waals surface area contributed by atoms with Crippen LogP contribution >= 0.6 is 0 Å². The predicted octanol–water partition coefficient (Wildman–Crippen LogP) is -1.22. The van der Waals surface area contributed by atoms with E-state index in [4.69, 9.17) is 10.2 Å². The molecule has 0 aromatic heterocycles. The Morgan fingerprint density at radius 3 is 2.35 bits per heavy atom.